The highest BCUT2D eigenvalue weighted by Crippen LogP contribution is 2.20. The van der Waals surface area contributed by atoms with Gasteiger partial charge >= 0.3 is 12.1 Å². The molecule has 0 saturated heterocycles. The Hall–Kier alpha value is -1.76. The lowest BCUT2D eigenvalue weighted by Gasteiger charge is -2.12. The second kappa shape index (κ2) is 5.72. The zero-order valence-corrected chi connectivity index (χ0v) is 9.16. The van der Waals surface area contributed by atoms with Gasteiger partial charge in [-0.3, -0.25) is 4.79 Å². The third kappa shape index (κ3) is 4.25. The first-order chi connectivity index (χ1) is 8.70. The van der Waals surface area contributed by atoms with E-state index in [0.717, 1.165) is 6.07 Å². The van der Waals surface area contributed by atoms with E-state index in [0.29, 0.717) is 0 Å². The van der Waals surface area contributed by atoms with Crippen molar-refractivity contribution >= 4 is 5.91 Å². The Bertz CT molecular complexity index is 445. The summed E-state index contributed by atoms with van der Waals surface area (Å²) >= 11 is 0. The lowest BCUT2D eigenvalue weighted by Crippen LogP contribution is -2.37. The number of halogens is 3. The van der Waals surface area contributed by atoms with Crippen LogP contribution in [0.15, 0.2) is 24.2 Å². The highest BCUT2D eigenvalue weighted by atomic mass is 19.4. The molecule has 0 aromatic heterocycles. The fourth-order valence-corrected chi connectivity index (χ4v) is 1.26. The number of carbonyl (C=O) groups excluding carboxylic acids is 1. The predicted octanol–water partition coefficient (Wildman–Crippen LogP) is 1.49. The maximum absolute atomic E-state index is 11.9. The molecule has 1 aromatic carbocycles. The number of nitrogens with one attached hydrogen (secondary N) is 1. The van der Waals surface area contributed by atoms with E-state index in [1.54, 1.807) is 5.32 Å². The number of aromatic hydroxyl groups is 1. The van der Waals surface area contributed by atoms with E-state index in [9.17, 15) is 28.2 Å². The Kier molecular flexibility index (Phi) is 4.03. The summed E-state index contributed by atoms with van der Waals surface area (Å²) in [7, 11) is 0. The molecule has 0 saturated carbocycles. The number of rotatable bonds is 4. The van der Waals surface area contributed by atoms with E-state index >= 15 is 0 Å². The van der Waals surface area contributed by atoms with E-state index < -0.39 is 18.2 Å². The third-order valence-electron chi connectivity index (χ3n) is 2.14. The van der Waals surface area contributed by atoms with Crippen molar-refractivity contribution in [3.05, 3.63) is 29.8 Å². The number of alkyl halides is 3. The van der Waals surface area contributed by atoms with Crippen LogP contribution in [0.3, 0.4) is 0 Å². The monoisotopic (exact) mass is 264 g/mol. The van der Waals surface area contributed by atoms with Gasteiger partial charge in [-0.2, -0.15) is 13.2 Å². The quantitative estimate of drug-likeness (QED) is 0.771. The van der Waals surface area contributed by atoms with Crippen molar-refractivity contribution in [2.45, 2.75) is 18.7 Å². The fraction of sp³-hybridized carbons (Fsp3) is 0.364. The highest BCUT2D eigenvalue weighted by molar-refractivity contribution is 5.81. The summed E-state index contributed by atoms with van der Waals surface area (Å²) in [5.74, 6) is -2.29. The molecular formula is C11H12F3NO3. The van der Waals surface area contributed by atoms with Gasteiger partial charge < -0.3 is 15.5 Å². The minimum atomic E-state index is -4.95. The molecular weight excluding hydrogens is 251 g/mol. The molecule has 1 unspecified atom stereocenters. The molecule has 0 aliphatic carbocycles. The molecule has 1 rings (SSSR count). The Labute approximate surface area is 102 Å². The summed E-state index contributed by atoms with van der Waals surface area (Å²) in [6, 6.07) is 3.60. The van der Waals surface area contributed by atoms with Crippen molar-refractivity contribution in [2.75, 3.05) is 6.54 Å². The van der Waals surface area contributed by atoms with Crippen LogP contribution in [0.1, 0.15) is 19.5 Å². The van der Waals surface area contributed by atoms with Crippen LogP contribution in [-0.4, -0.2) is 28.8 Å². The van der Waals surface area contributed by atoms with Crippen LogP contribution in [-0.2, 0) is 4.79 Å². The smallest absolute Gasteiger partial charge is 0.471 e. The SMILES string of the molecule is [2H]c1cc(O)cc(C(O)CCNC(=O)C(F)(F)F)c1. The van der Waals surface area contributed by atoms with Crippen LogP contribution >= 0.6 is 0 Å². The standard InChI is InChI=1S/C11H12F3NO3/c12-11(13,14)10(18)15-5-4-9(17)7-2-1-3-8(16)6-7/h1-3,6,9,16-17H,4-5H2,(H,15,18)/i1D. The van der Waals surface area contributed by atoms with Gasteiger partial charge in [0.15, 0.2) is 0 Å². The first-order valence-corrected chi connectivity index (χ1v) is 5.04. The van der Waals surface area contributed by atoms with E-state index in [1.165, 1.54) is 12.1 Å². The molecule has 4 nitrogen and oxygen atoms in total. The molecule has 1 aromatic rings. The summed E-state index contributed by atoms with van der Waals surface area (Å²) < 4.78 is 42.9. The second-order valence-electron chi connectivity index (χ2n) is 3.58. The molecule has 7 heteroatoms. The van der Waals surface area contributed by atoms with Crippen molar-refractivity contribution in [1.29, 1.82) is 0 Å². The second-order valence-corrected chi connectivity index (χ2v) is 3.58. The number of aliphatic hydroxyl groups is 1. The Balaban J connectivity index is 2.52. The Morgan fingerprint density at radius 2 is 2.17 bits per heavy atom. The molecule has 0 radical (unpaired) electrons. The zero-order valence-electron chi connectivity index (χ0n) is 10.2. The number of hydrogen-bond acceptors (Lipinski definition) is 3. The average Bonchev–Trinajstić information content (AvgIpc) is 2.26. The van der Waals surface area contributed by atoms with Crippen LogP contribution in [0.2, 0.25) is 0 Å². The largest absolute Gasteiger partial charge is 0.508 e. The average molecular weight is 264 g/mol. The first kappa shape index (κ1) is 12.7. The number of hydrogen-bond donors (Lipinski definition) is 3. The van der Waals surface area contributed by atoms with Gasteiger partial charge in [0.2, 0.25) is 0 Å². The highest BCUT2D eigenvalue weighted by Gasteiger charge is 2.38. The van der Waals surface area contributed by atoms with Gasteiger partial charge in [0, 0.05) is 6.54 Å². The molecule has 0 aliphatic heterocycles. The first-order valence-electron chi connectivity index (χ1n) is 5.54. The molecule has 0 spiro atoms. The predicted molar refractivity (Wildman–Crippen MR) is 56.7 cm³/mol. The minimum absolute atomic E-state index is 0.0339. The molecule has 0 aliphatic rings. The van der Waals surface area contributed by atoms with Gasteiger partial charge in [-0.1, -0.05) is 12.1 Å². The summed E-state index contributed by atoms with van der Waals surface area (Å²) in [5, 5.41) is 20.5. The van der Waals surface area contributed by atoms with Gasteiger partial charge in [-0.05, 0) is 24.1 Å². The van der Waals surface area contributed by atoms with Crippen molar-refractivity contribution in [1.82, 2.24) is 5.32 Å². The third-order valence-corrected chi connectivity index (χ3v) is 2.14. The summed E-state index contributed by atoms with van der Waals surface area (Å²) in [6.07, 6.45) is -6.29. The van der Waals surface area contributed by atoms with Crippen molar-refractivity contribution in [3.63, 3.8) is 0 Å². The molecule has 0 heterocycles. The Morgan fingerprint density at radius 1 is 1.50 bits per heavy atom. The normalized spacial score (nSPS) is 13.9. The number of phenolic OH excluding ortho intramolecular Hbond substituents is 1. The van der Waals surface area contributed by atoms with Crippen LogP contribution in [0.5, 0.6) is 5.75 Å². The topological polar surface area (TPSA) is 69.6 Å². The van der Waals surface area contributed by atoms with E-state index in [-0.39, 0.29) is 30.3 Å². The lowest BCUT2D eigenvalue weighted by molar-refractivity contribution is -0.173. The van der Waals surface area contributed by atoms with Gasteiger partial charge in [-0.15, -0.1) is 0 Å². The molecule has 1 amide bonds. The maximum Gasteiger partial charge on any atom is 0.471 e. The Morgan fingerprint density at radius 3 is 2.72 bits per heavy atom. The van der Waals surface area contributed by atoms with Crippen molar-refractivity contribution in [2.24, 2.45) is 0 Å². The lowest BCUT2D eigenvalue weighted by atomic mass is 10.1. The van der Waals surface area contributed by atoms with E-state index in [2.05, 4.69) is 0 Å². The maximum atomic E-state index is 11.9. The number of benzene rings is 1. The van der Waals surface area contributed by atoms with Crippen LogP contribution in [0.4, 0.5) is 13.2 Å². The molecule has 18 heavy (non-hydrogen) atoms. The van der Waals surface area contributed by atoms with Crippen LogP contribution in [0.25, 0.3) is 0 Å². The van der Waals surface area contributed by atoms with Crippen molar-refractivity contribution < 1.29 is 29.5 Å². The van der Waals surface area contributed by atoms with Crippen LogP contribution < -0.4 is 5.32 Å². The minimum Gasteiger partial charge on any atom is -0.508 e. The van der Waals surface area contributed by atoms with E-state index in [4.69, 9.17) is 1.37 Å². The number of amides is 1. The van der Waals surface area contributed by atoms with Gasteiger partial charge in [0.05, 0.1) is 7.47 Å². The fourth-order valence-electron chi connectivity index (χ4n) is 1.26. The van der Waals surface area contributed by atoms with Crippen molar-refractivity contribution in [3.8, 4) is 5.75 Å². The number of carbonyl (C=O) groups is 1. The molecule has 1 atom stereocenters. The summed E-state index contributed by atoms with van der Waals surface area (Å²) in [6.45, 7) is -0.373. The van der Waals surface area contributed by atoms with Gasteiger partial charge in [0.1, 0.15) is 5.75 Å². The summed E-state index contributed by atoms with van der Waals surface area (Å²) in [5.41, 5.74) is 0.200. The molecule has 100 valence electrons. The van der Waals surface area contributed by atoms with Gasteiger partial charge in [-0.25, -0.2) is 0 Å². The molecule has 3 N–H and O–H groups in total. The number of phenols is 1. The molecule has 0 bridgehead atoms. The summed E-state index contributed by atoms with van der Waals surface area (Å²) in [4.78, 5) is 10.5. The molecule has 0 fully saturated rings. The van der Waals surface area contributed by atoms with E-state index in [1.807, 2.05) is 0 Å². The zero-order chi connectivity index (χ0) is 14.6. The number of aliphatic hydroxyl groups excluding tert-OH is 1. The van der Waals surface area contributed by atoms with Gasteiger partial charge in [0.25, 0.3) is 0 Å². The van der Waals surface area contributed by atoms with Crippen LogP contribution in [0, 0.1) is 0 Å².